The molecule has 0 aromatic heterocycles. The van der Waals surface area contributed by atoms with E-state index < -0.39 is 5.97 Å². The normalized spacial score (nSPS) is 12.1. The number of carbonyl (C=O) groups is 1. The summed E-state index contributed by atoms with van der Waals surface area (Å²) in [7, 11) is 0. The van der Waals surface area contributed by atoms with Crippen molar-refractivity contribution in [2.24, 2.45) is 0 Å². The maximum Gasteiger partial charge on any atom is 0.339 e. The molecule has 0 radical (unpaired) electrons. The van der Waals surface area contributed by atoms with Gasteiger partial charge in [0, 0.05) is 5.92 Å². The van der Waals surface area contributed by atoms with Crippen molar-refractivity contribution in [3.05, 3.63) is 64.7 Å². The molecule has 0 aliphatic rings. The van der Waals surface area contributed by atoms with Crippen molar-refractivity contribution in [2.75, 3.05) is 0 Å². The van der Waals surface area contributed by atoms with Crippen LogP contribution in [-0.2, 0) is 0 Å². The van der Waals surface area contributed by atoms with Crippen LogP contribution in [0.1, 0.15) is 39.9 Å². The van der Waals surface area contributed by atoms with Crippen molar-refractivity contribution in [1.29, 1.82) is 0 Å². The molecule has 3 nitrogen and oxygen atoms in total. The second kappa shape index (κ2) is 5.14. The Morgan fingerprint density at radius 2 is 1.79 bits per heavy atom. The highest BCUT2D eigenvalue weighted by molar-refractivity contribution is 5.91. The molecule has 1 atom stereocenters. The van der Waals surface area contributed by atoms with Gasteiger partial charge in [-0.15, -0.1) is 0 Å². The van der Waals surface area contributed by atoms with Crippen LogP contribution in [0.25, 0.3) is 0 Å². The summed E-state index contributed by atoms with van der Waals surface area (Å²) < 4.78 is 0. The molecule has 0 spiro atoms. The minimum absolute atomic E-state index is 0.0583. The van der Waals surface area contributed by atoms with Gasteiger partial charge in [0.05, 0.1) is 0 Å². The number of carboxylic acids is 1. The highest BCUT2D eigenvalue weighted by atomic mass is 16.4. The molecule has 2 N–H and O–H groups in total. The Morgan fingerprint density at radius 1 is 1.11 bits per heavy atom. The van der Waals surface area contributed by atoms with E-state index in [1.54, 1.807) is 6.07 Å². The molecule has 1 unspecified atom stereocenters. The number of carboxylic acid groups (broad SMARTS) is 1. The van der Waals surface area contributed by atoms with Gasteiger partial charge in [-0.25, -0.2) is 4.79 Å². The molecule has 0 saturated carbocycles. The van der Waals surface area contributed by atoms with Crippen molar-refractivity contribution < 1.29 is 15.0 Å². The lowest BCUT2D eigenvalue weighted by molar-refractivity contribution is 0.0693. The average Bonchev–Trinajstić information content (AvgIpc) is 2.38. The quantitative estimate of drug-likeness (QED) is 0.882. The lowest BCUT2D eigenvalue weighted by Gasteiger charge is -2.14. The smallest absolute Gasteiger partial charge is 0.339 e. The van der Waals surface area contributed by atoms with Crippen molar-refractivity contribution in [2.45, 2.75) is 19.8 Å². The molecule has 98 valence electrons. The Morgan fingerprint density at radius 3 is 2.42 bits per heavy atom. The van der Waals surface area contributed by atoms with E-state index in [0.29, 0.717) is 0 Å². The molecule has 0 aliphatic carbocycles. The summed E-state index contributed by atoms with van der Waals surface area (Å²) in [6, 6.07) is 12.8. The third-order valence-electron chi connectivity index (χ3n) is 3.29. The van der Waals surface area contributed by atoms with E-state index in [1.807, 2.05) is 32.0 Å². The lowest BCUT2D eigenvalue weighted by Crippen LogP contribution is -2.01. The van der Waals surface area contributed by atoms with Crippen LogP contribution in [0, 0.1) is 6.92 Å². The van der Waals surface area contributed by atoms with E-state index >= 15 is 0 Å². The van der Waals surface area contributed by atoms with Gasteiger partial charge in [-0.2, -0.15) is 0 Å². The predicted molar refractivity (Wildman–Crippen MR) is 73.8 cm³/mol. The zero-order valence-electron chi connectivity index (χ0n) is 10.9. The average molecular weight is 256 g/mol. The summed E-state index contributed by atoms with van der Waals surface area (Å²) >= 11 is 0. The number of phenols is 1. The number of hydrogen-bond donors (Lipinski definition) is 2. The second-order valence-corrected chi connectivity index (χ2v) is 4.72. The van der Waals surface area contributed by atoms with E-state index in [0.717, 1.165) is 11.1 Å². The molecule has 0 aliphatic heterocycles. The van der Waals surface area contributed by atoms with Crippen molar-refractivity contribution in [3.8, 4) is 5.75 Å². The number of rotatable bonds is 3. The molecule has 0 bridgehead atoms. The minimum atomic E-state index is -1.12. The molecule has 19 heavy (non-hydrogen) atoms. The third kappa shape index (κ3) is 2.76. The zero-order chi connectivity index (χ0) is 14.0. The predicted octanol–water partition coefficient (Wildman–Crippen LogP) is 3.55. The largest absolute Gasteiger partial charge is 0.507 e. The fourth-order valence-corrected chi connectivity index (χ4v) is 2.13. The van der Waals surface area contributed by atoms with Crippen LogP contribution < -0.4 is 0 Å². The fraction of sp³-hybridized carbons (Fsp3) is 0.188. The number of benzene rings is 2. The monoisotopic (exact) mass is 256 g/mol. The molecule has 0 saturated heterocycles. The first-order valence-electron chi connectivity index (χ1n) is 6.12. The Labute approximate surface area is 112 Å². The minimum Gasteiger partial charge on any atom is -0.507 e. The molecule has 2 aromatic carbocycles. The number of aromatic hydroxyl groups is 1. The molecule has 3 heteroatoms. The van der Waals surface area contributed by atoms with Crippen LogP contribution in [0.2, 0.25) is 0 Å². The van der Waals surface area contributed by atoms with Gasteiger partial charge in [-0.05, 0) is 30.2 Å². The van der Waals surface area contributed by atoms with Crippen molar-refractivity contribution >= 4 is 5.97 Å². The van der Waals surface area contributed by atoms with E-state index in [9.17, 15) is 9.90 Å². The Hall–Kier alpha value is -2.29. The first-order valence-corrected chi connectivity index (χ1v) is 6.12. The van der Waals surface area contributed by atoms with Crippen LogP contribution in [0.3, 0.4) is 0 Å². The topological polar surface area (TPSA) is 57.5 Å². The summed E-state index contributed by atoms with van der Waals surface area (Å²) in [5.41, 5.74) is 3.11. The molecule has 0 heterocycles. The van der Waals surface area contributed by atoms with Gasteiger partial charge in [-0.3, -0.25) is 0 Å². The van der Waals surface area contributed by atoms with Crippen LogP contribution in [0.15, 0.2) is 42.5 Å². The van der Waals surface area contributed by atoms with Crippen LogP contribution in [0.5, 0.6) is 5.75 Å². The molecule has 2 aromatic rings. The Bertz CT molecular complexity index is 617. The van der Waals surface area contributed by atoms with Crippen LogP contribution in [-0.4, -0.2) is 16.2 Å². The number of hydrogen-bond acceptors (Lipinski definition) is 2. The van der Waals surface area contributed by atoms with Crippen molar-refractivity contribution in [1.82, 2.24) is 0 Å². The van der Waals surface area contributed by atoms with Gasteiger partial charge in [-0.1, -0.05) is 42.8 Å². The first kappa shape index (κ1) is 13.1. The highest BCUT2D eigenvalue weighted by Crippen LogP contribution is 2.28. The zero-order valence-corrected chi connectivity index (χ0v) is 10.9. The number of aryl methyl sites for hydroxylation is 1. The lowest BCUT2D eigenvalue weighted by atomic mass is 9.91. The summed E-state index contributed by atoms with van der Waals surface area (Å²) in [5.74, 6) is -1.23. The second-order valence-electron chi connectivity index (χ2n) is 4.72. The van der Waals surface area contributed by atoms with Gasteiger partial charge >= 0.3 is 5.97 Å². The first-order chi connectivity index (χ1) is 8.99. The summed E-state index contributed by atoms with van der Waals surface area (Å²) in [6.07, 6.45) is 0. The maximum absolute atomic E-state index is 11.0. The van der Waals surface area contributed by atoms with Gasteiger partial charge in [0.1, 0.15) is 11.3 Å². The third-order valence-corrected chi connectivity index (χ3v) is 3.29. The molecular weight excluding hydrogens is 240 g/mol. The summed E-state index contributed by atoms with van der Waals surface area (Å²) in [4.78, 5) is 11.0. The summed E-state index contributed by atoms with van der Waals surface area (Å²) in [6.45, 7) is 4.04. The van der Waals surface area contributed by atoms with E-state index in [2.05, 4.69) is 6.07 Å². The van der Waals surface area contributed by atoms with Gasteiger partial charge in [0.25, 0.3) is 0 Å². The van der Waals surface area contributed by atoms with Gasteiger partial charge < -0.3 is 10.2 Å². The SMILES string of the molecule is Cc1cccc(C(C)c2ccc(O)c(C(=O)O)c2)c1. The molecule has 0 amide bonds. The van der Waals surface area contributed by atoms with Crippen molar-refractivity contribution in [3.63, 3.8) is 0 Å². The standard InChI is InChI=1S/C16H16O3/c1-10-4-3-5-12(8-10)11(2)13-6-7-15(17)14(9-13)16(18)19/h3-9,11,17H,1-2H3,(H,18,19). The van der Waals surface area contributed by atoms with E-state index in [-0.39, 0.29) is 17.2 Å². The van der Waals surface area contributed by atoms with E-state index in [1.165, 1.54) is 17.7 Å². The van der Waals surface area contributed by atoms with Gasteiger partial charge in [0.2, 0.25) is 0 Å². The van der Waals surface area contributed by atoms with E-state index in [4.69, 9.17) is 5.11 Å². The fourth-order valence-electron chi connectivity index (χ4n) is 2.13. The highest BCUT2D eigenvalue weighted by Gasteiger charge is 2.14. The Balaban J connectivity index is 2.42. The maximum atomic E-state index is 11.0. The van der Waals surface area contributed by atoms with Gasteiger partial charge in [0.15, 0.2) is 0 Å². The molecule has 2 rings (SSSR count). The molecule has 0 fully saturated rings. The Kier molecular flexibility index (Phi) is 3.56. The number of aromatic carboxylic acids is 1. The van der Waals surface area contributed by atoms with Crippen LogP contribution in [0.4, 0.5) is 0 Å². The summed E-state index contributed by atoms with van der Waals surface area (Å²) in [5, 5.41) is 18.5. The van der Waals surface area contributed by atoms with Crippen LogP contribution >= 0.6 is 0 Å². The molecular formula is C16H16O3.